The van der Waals surface area contributed by atoms with E-state index in [0.717, 1.165) is 17.0 Å². The van der Waals surface area contributed by atoms with E-state index in [4.69, 9.17) is 9.47 Å². The van der Waals surface area contributed by atoms with E-state index in [1.807, 2.05) is 42.7 Å². The van der Waals surface area contributed by atoms with Crippen LogP contribution in [-0.2, 0) is 17.7 Å². The first-order valence-electron chi connectivity index (χ1n) is 9.23. The Morgan fingerprint density at radius 2 is 1.85 bits per heavy atom. The molecular weight excluding hydrogens is 344 g/mol. The molecule has 6 nitrogen and oxygen atoms in total. The van der Waals surface area contributed by atoms with Crippen molar-refractivity contribution in [3.05, 3.63) is 52.3 Å². The maximum atomic E-state index is 12.8. The molecule has 6 heteroatoms. The van der Waals surface area contributed by atoms with Crippen molar-refractivity contribution in [2.75, 3.05) is 20.3 Å². The van der Waals surface area contributed by atoms with E-state index >= 15 is 0 Å². The lowest BCUT2D eigenvalue weighted by atomic mass is 10.1. The first-order valence-corrected chi connectivity index (χ1v) is 9.23. The van der Waals surface area contributed by atoms with Crippen molar-refractivity contribution in [3.63, 3.8) is 0 Å². The van der Waals surface area contributed by atoms with Gasteiger partial charge in [-0.05, 0) is 51.3 Å². The normalized spacial score (nSPS) is 10.6. The number of benzene rings is 1. The van der Waals surface area contributed by atoms with Crippen molar-refractivity contribution in [2.45, 2.75) is 40.7 Å². The van der Waals surface area contributed by atoms with Crippen molar-refractivity contribution in [2.24, 2.45) is 0 Å². The molecule has 1 amide bonds. The highest BCUT2D eigenvalue weighted by Crippen LogP contribution is 2.23. The third kappa shape index (κ3) is 4.32. The lowest BCUT2D eigenvalue weighted by Crippen LogP contribution is -2.26. The van der Waals surface area contributed by atoms with Gasteiger partial charge in [0.1, 0.15) is 11.4 Å². The SMILES string of the molecule is CCOC(=O)c1c(C)c(C(=O)NCCc2ccccc2OC)c(C)n1CC. The van der Waals surface area contributed by atoms with E-state index in [0.29, 0.717) is 42.9 Å². The average molecular weight is 372 g/mol. The number of nitrogens with one attached hydrogen (secondary N) is 1. The second-order valence-corrected chi connectivity index (χ2v) is 6.22. The lowest BCUT2D eigenvalue weighted by molar-refractivity contribution is 0.0512. The maximum Gasteiger partial charge on any atom is 0.355 e. The zero-order chi connectivity index (χ0) is 20.0. The number of nitrogens with zero attached hydrogens (tertiary/aromatic N) is 1. The summed E-state index contributed by atoms with van der Waals surface area (Å²) in [5, 5.41) is 2.96. The molecule has 2 rings (SSSR count). The Kier molecular flexibility index (Phi) is 7.05. The van der Waals surface area contributed by atoms with Crippen LogP contribution in [0, 0.1) is 13.8 Å². The molecule has 1 aromatic carbocycles. The van der Waals surface area contributed by atoms with Gasteiger partial charge in [-0.2, -0.15) is 0 Å². The van der Waals surface area contributed by atoms with E-state index < -0.39 is 5.97 Å². The fourth-order valence-corrected chi connectivity index (χ4v) is 3.40. The van der Waals surface area contributed by atoms with Gasteiger partial charge in [-0.15, -0.1) is 0 Å². The van der Waals surface area contributed by atoms with Crippen LogP contribution in [0.2, 0.25) is 0 Å². The Morgan fingerprint density at radius 1 is 1.15 bits per heavy atom. The summed E-state index contributed by atoms with van der Waals surface area (Å²) in [6, 6.07) is 7.74. The summed E-state index contributed by atoms with van der Waals surface area (Å²) in [7, 11) is 1.63. The number of methoxy groups -OCH3 is 1. The predicted octanol–water partition coefficient (Wildman–Crippen LogP) is 3.28. The van der Waals surface area contributed by atoms with Crippen LogP contribution in [0.5, 0.6) is 5.75 Å². The molecule has 27 heavy (non-hydrogen) atoms. The van der Waals surface area contributed by atoms with Gasteiger partial charge < -0.3 is 19.4 Å². The van der Waals surface area contributed by atoms with E-state index in [9.17, 15) is 9.59 Å². The predicted molar refractivity (Wildman–Crippen MR) is 105 cm³/mol. The van der Waals surface area contributed by atoms with Crippen molar-refractivity contribution < 1.29 is 19.1 Å². The molecule has 0 saturated carbocycles. The fraction of sp³-hybridized carbons (Fsp3) is 0.429. The number of hydrogen-bond acceptors (Lipinski definition) is 4. The van der Waals surface area contributed by atoms with Gasteiger partial charge in [0.15, 0.2) is 0 Å². The Bertz CT molecular complexity index is 824. The number of carbonyl (C=O) groups excluding carboxylic acids is 2. The monoisotopic (exact) mass is 372 g/mol. The van der Waals surface area contributed by atoms with Crippen LogP contribution in [0.1, 0.15) is 51.5 Å². The van der Waals surface area contributed by atoms with E-state index in [2.05, 4.69) is 5.32 Å². The smallest absolute Gasteiger partial charge is 0.355 e. The summed E-state index contributed by atoms with van der Waals surface area (Å²) in [5.41, 5.74) is 3.45. The third-order valence-corrected chi connectivity index (χ3v) is 4.65. The summed E-state index contributed by atoms with van der Waals surface area (Å²) >= 11 is 0. The van der Waals surface area contributed by atoms with E-state index in [1.165, 1.54) is 0 Å². The zero-order valence-corrected chi connectivity index (χ0v) is 16.7. The Hall–Kier alpha value is -2.76. The molecule has 0 aliphatic carbocycles. The topological polar surface area (TPSA) is 69.6 Å². The Balaban J connectivity index is 2.17. The van der Waals surface area contributed by atoms with Gasteiger partial charge in [0.25, 0.3) is 5.91 Å². The quantitative estimate of drug-likeness (QED) is 0.722. The van der Waals surface area contributed by atoms with Crippen LogP contribution >= 0.6 is 0 Å². The zero-order valence-electron chi connectivity index (χ0n) is 16.7. The summed E-state index contributed by atoms with van der Waals surface area (Å²) in [6.07, 6.45) is 0.660. The number of amides is 1. The number of hydrogen-bond donors (Lipinski definition) is 1. The minimum Gasteiger partial charge on any atom is -0.496 e. The Labute approximate surface area is 160 Å². The number of esters is 1. The van der Waals surface area contributed by atoms with Gasteiger partial charge in [0, 0.05) is 18.8 Å². The van der Waals surface area contributed by atoms with Crippen LogP contribution < -0.4 is 10.1 Å². The largest absolute Gasteiger partial charge is 0.496 e. The molecule has 0 bridgehead atoms. The van der Waals surface area contributed by atoms with Crippen LogP contribution in [0.4, 0.5) is 0 Å². The number of para-hydroxylation sites is 1. The first-order chi connectivity index (χ1) is 13.0. The molecule has 0 unspecified atom stereocenters. The lowest BCUT2D eigenvalue weighted by Gasteiger charge is -2.10. The first kappa shape index (κ1) is 20.6. The van der Waals surface area contributed by atoms with Crippen LogP contribution in [0.25, 0.3) is 0 Å². The van der Waals surface area contributed by atoms with E-state index in [-0.39, 0.29) is 5.91 Å². The van der Waals surface area contributed by atoms with Gasteiger partial charge in [-0.1, -0.05) is 18.2 Å². The average Bonchev–Trinajstić information content (AvgIpc) is 2.91. The molecule has 0 radical (unpaired) electrons. The standard InChI is InChI=1S/C21H28N2O4/c1-6-23-15(4)18(14(3)19(23)21(25)27-7-2)20(24)22-13-12-16-10-8-9-11-17(16)26-5/h8-11H,6-7,12-13H2,1-5H3,(H,22,24). The molecule has 0 spiro atoms. The molecule has 0 aliphatic heterocycles. The van der Waals surface area contributed by atoms with Gasteiger partial charge in [-0.25, -0.2) is 4.79 Å². The number of ether oxygens (including phenoxy) is 2. The van der Waals surface area contributed by atoms with E-state index in [1.54, 1.807) is 21.0 Å². The molecule has 1 aromatic heterocycles. The number of carbonyl (C=O) groups is 2. The highest BCUT2D eigenvalue weighted by molar-refractivity contribution is 6.01. The maximum absolute atomic E-state index is 12.8. The molecule has 1 N–H and O–H groups in total. The fourth-order valence-electron chi connectivity index (χ4n) is 3.40. The van der Waals surface area contributed by atoms with Crippen LogP contribution in [-0.4, -0.2) is 36.7 Å². The minimum atomic E-state index is -0.395. The molecule has 0 saturated heterocycles. The minimum absolute atomic E-state index is 0.183. The molecule has 1 heterocycles. The second kappa shape index (κ2) is 9.26. The third-order valence-electron chi connectivity index (χ3n) is 4.65. The van der Waals surface area contributed by atoms with Crippen molar-refractivity contribution >= 4 is 11.9 Å². The second-order valence-electron chi connectivity index (χ2n) is 6.22. The molecule has 0 aliphatic rings. The van der Waals surface area contributed by atoms with Gasteiger partial charge in [-0.3, -0.25) is 4.79 Å². The number of rotatable bonds is 8. The molecule has 146 valence electrons. The highest BCUT2D eigenvalue weighted by Gasteiger charge is 2.26. The van der Waals surface area contributed by atoms with Crippen LogP contribution in [0.3, 0.4) is 0 Å². The van der Waals surface area contributed by atoms with Gasteiger partial charge >= 0.3 is 5.97 Å². The number of aromatic nitrogens is 1. The van der Waals surface area contributed by atoms with Crippen molar-refractivity contribution in [3.8, 4) is 5.75 Å². The Morgan fingerprint density at radius 3 is 2.48 bits per heavy atom. The highest BCUT2D eigenvalue weighted by atomic mass is 16.5. The summed E-state index contributed by atoms with van der Waals surface area (Å²) in [5.74, 6) is 0.228. The van der Waals surface area contributed by atoms with Gasteiger partial charge in [0.2, 0.25) is 0 Å². The molecule has 2 aromatic rings. The van der Waals surface area contributed by atoms with Gasteiger partial charge in [0.05, 0.1) is 19.3 Å². The van der Waals surface area contributed by atoms with Crippen molar-refractivity contribution in [1.82, 2.24) is 9.88 Å². The van der Waals surface area contributed by atoms with Crippen molar-refractivity contribution in [1.29, 1.82) is 0 Å². The molecule has 0 fully saturated rings. The van der Waals surface area contributed by atoms with Crippen LogP contribution in [0.15, 0.2) is 24.3 Å². The summed E-state index contributed by atoms with van der Waals surface area (Å²) in [6.45, 7) is 8.73. The molecular formula is C21H28N2O4. The summed E-state index contributed by atoms with van der Waals surface area (Å²) < 4.78 is 12.3. The molecule has 0 atom stereocenters. The summed E-state index contributed by atoms with van der Waals surface area (Å²) in [4.78, 5) is 25.1.